The van der Waals surface area contributed by atoms with E-state index in [1.807, 2.05) is 24.7 Å². The lowest BCUT2D eigenvalue weighted by molar-refractivity contribution is 0.869. The highest BCUT2D eigenvalue weighted by Crippen LogP contribution is 2.31. The number of aryl methyl sites for hydroxylation is 1. The minimum absolute atomic E-state index is 0.471. The monoisotopic (exact) mass is 326 g/mol. The first-order valence-electron chi connectivity index (χ1n) is 8.93. The van der Waals surface area contributed by atoms with E-state index in [9.17, 15) is 0 Å². The summed E-state index contributed by atoms with van der Waals surface area (Å²) in [7, 11) is 0. The van der Waals surface area contributed by atoms with Gasteiger partial charge in [0.2, 0.25) is 0 Å². The highest BCUT2D eigenvalue weighted by molar-refractivity contribution is 5.92. The second-order valence-corrected chi connectivity index (χ2v) is 6.88. The molecule has 0 radical (unpaired) electrons. The molecule has 4 aromatic rings. The molecule has 0 unspecified atom stereocenters. The van der Waals surface area contributed by atoms with Gasteiger partial charge in [0, 0.05) is 29.4 Å². The number of hydrogen-bond acceptors (Lipinski definition) is 2. The SMILES string of the molecule is CCc1cc(-c2ccc3c(C(C)C)cncc3c2)cc2ncccc12. The number of aromatic nitrogens is 2. The van der Waals surface area contributed by atoms with Gasteiger partial charge < -0.3 is 0 Å². The molecule has 0 atom stereocenters. The van der Waals surface area contributed by atoms with Crippen LogP contribution in [0.2, 0.25) is 0 Å². The predicted molar refractivity (Wildman–Crippen MR) is 106 cm³/mol. The van der Waals surface area contributed by atoms with Gasteiger partial charge in [0.1, 0.15) is 0 Å². The van der Waals surface area contributed by atoms with Crippen molar-refractivity contribution in [1.82, 2.24) is 9.97 Å². The van der Waals surface area contributed by atoms with Crippen LogP contribution >= 0.6 is 0 Å². The van der Waals surface area contributed by atoms with Crippen LogP contribution in [0.4, 0.5) is 0 Å². The number of benzene rings is 2. The Bertz CT molecular complexity index is 1060. The van der Waals surface area contributed by atoms with Crippen LogP contribution in [0.1, 0.15) is 37.8 Å². The first kappa shape index (κ1) is 15.8. The zero-order valence-corrected chi connectivity index (χ0v) is 15.0. The molecule has 0 amide bonds. The molecule has 4 rings (SSSR count). The van der Waals surface area contributed by atoms with Gasteiger partial charge in [0.25, 0.3) is 0 Å². The molecule has 2 nitrogen and oxygen atoms in total. The van der Waals surface area contributed by atoms with Crippen LogP contribution in [0.5, 0.6) is 0 Å². The smallest absolute Gasteiger partial charge is 0.0710 e. The van der Waals surface area contributed by atoms with Gasteiger partial charge in [-0.3, -0.25) is 9.97 Å². The molecule has 25 heavy (non-hydrogen) atoms. The summed E-state index contributed by atoms with van der Waals surface area (Å²) < 4.78 is 0. The summed E-state index contributed by atoms with van der Waals surface area (Å²) in [5.41, 5.74) is 6.15. The number of nitrogens with zero attached hydrogens (tertiary/aromatic N) is 2. The van der Waals surface area contributed by atoms with Crippen LogP contribution < -0.4 is 0 Å². The number of hydrogen-bond donors (Lipinski definition) is 0. The summed E-state index contributed by atoms with van der Waals surface area (Å²) in [5, 5.41) is 3.74. The van der Waals surface area contributed by atoms with E-state index >= 15 is 0 Å². The second kappa shape index (κ2) is 6.29. The first-order chi connectivity index (χ1) is 12.2. The maximum absolute atomic E-state index is 4.56. The van der Waals surface area contributed by atoms with Crippen LogP contribution in [0.3, 0.4) is 0 Å². The molecule has 0 aliphatic rings. The molecule has 2 aromatic heterocycles. The Labute approximate surface area is 148 Å². The molecule has 2 heterocycles. The lowest BCUT2D eigenvalue weighted by Crippen LogP contribution is -1.92. The van der Waals surface area contributed by atoms with Gasteiger partial charge in [-0.2, -0.15) is 0 Å². The average molecular weight is 326 g/mol. The van der Waals surface area contributed by atoms with Crippen molar-refractivity contribution in [3.8, 4) is 11.1 Å². The van der Waals surface area contributed by atoms with Gasteiger partial charge in [-0.15, -0.1) is 0 Å². The fourth-order valence-corrected chi connectivity index (χ4v) is 3.56. The zero-order valence-electron chi connectivity index (χ0n) is 15.0. The number of fused-ring (bicyclic) bond motifs is 2. The molecular weight excluding hydrogens is 304 g/mol. The fraction of sp³-hybridized carbons (Fsp3) is 0.217. The zero-order chi connectivity index (χ0) is 17.4. The van der Waals surface area contributed by atoms with Crippen LogP contribution in [0.15, 0.2) is 61.1 Å². The van der Waals surface area contributed by atoms with Crippen molar-refractivity contribution < 1.29 is 0 Å². The predicted octanol–water partition coefficient (Wildman–Crippen LogP) is 6.14. The maximum Gasteiger partial charge on any atom is 0.0710 e. The largest absolute Gasteiger partial charge is 0.264 e. The van der Waals surface area contributed by atoms with E-state index in [2.05, 4.69) is 67.1 Å². The van der Waals surface area contributed by atoms with E-state index in [-0.39, 0.29) is 0 Å². The minimum Gasteiger partial charge on any atom is -0.264 e. The molecule has 0 spiro atoms. The highest BCUT2D eigenvalue weighted by atomic mass is 14.6. The summed E-state index contributed by atoms with van der Waals surface area (Å²) >= 11 is 0. The summed E-state index contributed by atoms with van der Waals surface area (Å²) in [4.78, 5) is 9.00. The molecule has 0 aliphatic heterocycles. The summed E-state index contributed by atoms with van der Waals surface area (Å²) in [6.45, 7) is 6.63. The molecule has 2 aromatic carbocycles. The quantitative estimate of drug-likeness (QED) is 0.452. The Morgan fingerprint density at radius 3 is 2.60 bits per heavy atom. The molecule has 124 valence electrons. The Morgan fingerprint density at radius 1 is 0.920 bits per heavy atom. The summed E-state index contributed by atoms with van der Waals surface area (Å²) in [6, 6.07) is 15.4. The van der Waals surface area contributed by atoms with Crippen molar-refractivity contribution in [3.63, 3.8) is 0 Å². The Kier molecular flexibility index (Phi) is 3.96. The van der Waals surface area contributed by atoms with E-state index in [1.165, 1.54) is 38.4 Å². The molecule has 0 aliphatic carbocycles. The van der Waals surface area contributed by atoms with Crippen molar-refractivity contribution in [3.05, 3.63) is 72.2 Å². The van der Waals surface area contributed by atoms with Crippen LogP contribution in [0, 0.1) is 0 Å². The number of rotatable bonds is 3. The Morgan fingerprint density at radius 2 is 1.80 bits per heavy atom. The van der Waals surface area contributed by atoms with Crippen molar-refractivity contribution >= 4 is 21.7 Å². The van der Waals surface area contributed by atoms with Crippen LogP contribution in [-0.4, -0.2) is 9.97 Å². The third-order valence-corrected chi connectivity index (χ3v) is 4.93. The topological polar surface area (TPSA) is 25.8 Å². The van der Waals surface area contributed by atoms with Crippen LogP contribution in [0.25, 0.3) is 32.8 Å². The van der Waals surface area contributed by atoms with E-state index in [0.29, 0.717) is 5.92 Å². The van der Waals surface area contributed by atoms with Gasteiger partial charge in [-0.25, -0.2) is 0 Å². The van der Waals surface area contributed by atoms with Crippen molar-refractivity contribution in [2.75, 3.05) is 0 Å². The van der Waals surface area contributed by atoms with E-state index in [0.717, 1.165) is 11.9 Å². The highest BCUT2D eigenvalue weighted by Gasteiger charge is 2.09. The van der Waals surface area contributed by atoms with E-state index in [1.54, 1.807) is 0 Å². The van der Waals surface area contributed by atoms with E-state index < -0.39 is 0 Å². The Hall–Kier alpha value is -2.74. The summed E-state index contributed by atoms with van der Waals surface area (Å²) in [5.74, 6) is 0.471. The van der Waals surface area contributed by atoms with Gasteiger partial charge >= 0.3 is 0 Å². The molecule has 2 heteroatoms. The Balaban J connectivity index is 1.91. The van der Waals surface area contributed by atoms with Crippen molar-refractivity contribution in [2.24, 2.45) is 0 Å². The fourth-order valence-electron chi connectivity index (χ4n) is 3.56. The maximum atomic E-state index is 4.56. The first-order valence-corrected chi connectivity index (χ1v) is 8.93. The lowest BCUT2D eigenvalue weighted by Gasteiger charge is -2.12. The third kappa shape index (κ3) is 2.78. The van der Waals surface area contributed by atoms with Gasteiger partial charge in [-0.1, -0.05) is 45.0 Å². The molecular formula is C23H22N2. The van der Waals surface area contributed by atoms with Gasteiger partial charge in [0.05, 0.1) is 5.52 Å². The molecule has 0 fully saturated rings. The minimum atomic E-state index is 0.471. The standard InChI is InChI=1S/C23H22N2/c1-4-16-10-18(12-23-21(16)6-5-9-25-23)17-7-8-20-19(11-17)13-24-14-22(20)15(2)3/h5-15H,4H2,1-3H3. The van der Waals surface area contributed by atoms with Crippen molar-refractivity contribution in [2.45, 2.75) is 33.1 Å². The lowest BCUT2D eigenvalue weighted by atomic mass is 9.94. The second-order valence-electron chi connectivity index (χ2n) is 6.88. The van der Waals surface area contributed by atoms with Crippen molar-refractivity contribution in [1.29, 1.82) is 0 Å². The normalized spacial score (nSPS) is 11.5. The number of pyridine rings is 2. The molecule has 0 saturated heterocycles. The van der Waals surface area contributed by atoms with E-state index in [4.69, 9.17) is 0 Å². The molecule has 0 bridgehead atoms. The van der Waals surface area contributed by atoms with Crippen LogP contribution in [-0.2, 0) is 6.42 Å². The molecule has 0 N–H and O–H groups in total. The third-order valence-electron chi connectivity index (χ3n) is 4.93. The summed E-state index contributed by atoms with van der Waals surface area (Å²) in [6.07, 6.45) is 6.82. The molecule has 0 saturated carbocycles. The van der Waals surface area contributed by atoms with Gasteiger partial charge in [-0.05, 0) is 58.2 Å². The average Bonchev–Trinajstić information content (AvgIpc) is 2.66. The van der Waals surface area contributed by atoms with Gasteiger partial charge in [0.15, 0.2) is 0 Å².